The Morgan fingerprint density at radius 1 is 1.37 bits per heavy atom. The Balaban J connectivity index is 3.15. The van der Waals surface area contributed by atoms with E-state index in [-0.39, 0.29) is 16.5 Å². The summed E-state index contributed by atoms with van der Waals surface area (Å²) in [6, 6.07) is 1.63. The van der Waals surface area contributed by atoms with Crippen molar-refractivity contribution in [1.29, 1.82) is 0 Å². The van der Waals surface area contributed by atoms with Crippen molar-refractivity contribution < 1.29 is 13.5 Å². The Hall–Kier alpha value is -0.330. The summed E-state index contributed by atoms with van der Waals surface area (Å²) in [5.74, 6) is 0. The molecule has 1 aromatic carbocycles. The molecule has 0 aromatic heterocycles. The SMILES string of the molecule is Cc1cc(Cl)c(C)c(S(=O)(=O)NCCC(C)O)c1Cl. The van der Waals surface area contributed by atoms with Crippen LogP contribution in [0.3, 0.4) is 0 Å². The van der Waals surface area contributed by atoms with E-state index in [4.69, 9.17) is 28.3 Å². The van der Waals surface area contributed by atoms with E-state index >= 15 is 0 Å². The van der Waals surface area contributed by atoms with Crippen molar-refractivity contribution in [1.82, 2.24) is 4.72 Å². The van der Waals surface area contributed by atoms with Crippen molar-refractivity contribution in [2.75, 3.05) is 6.54 Å². The second kappa shape index (κ2) is 6.41. The summed E-state index contributed by atoms with van der Waals surface area (Å²) in [7, 11) is -3.74. The number of halogens is 2. The Bertz CT molecular complexity index is 545. The lowest BCUT2D eigenvalue weighted by Gasteiger charge is -2.14. The third-order valence-corrected chi connectivity index (χ3v) is 5.33. The van der Waals surface area contributed by atoms with Crippen LogP contribution in [0, 0.1) is 13.8 Å². The third-order valence-electron chi connectivity index (χ3n) is 2.71. The van der Waals surface area contributed by atoms with Crippen LogP contribution in [0.15, 0.2) is 11.0 Å². The standard InChI is InChI=1S/C12H17Cl2NO3S/c1-7-6-10(13)9(3)12(11(7)14)19(17,18)15-5-4-8(2)16/h6,8,15-16H,4-5H2,1-3H3. The highest BCUT2D eigenvalue weighted by atomic mass is 35.5. The van der Waals surface area contributed by atoms with Gasteiger partial charge >= 0.3 is 0 Å². The Labute approximate surface area is 123 Å². The monoisotopic (exact) mass is 325 g/mol. The number of hydrogen-bond acceptors (Lipinski definition) is 3. The van der Waals surface area contributed by atoms with Crippen molar-refractivity contribution in [3.05, 3.63) is 27.2 Å². The summed E-state index contributed by atoms with van der Waals surface area (Å²) in [6.45, 7) is 5.04. The molecule has 0 aliphatic heterocycles. The second-order valence-electron chi connectivity index (χ2n) is 4.48. The molecule has 1 aromatic rings. The highest BCUT2D eigenvalue weighted by molar-refractivity contribution is 7.89. The summed E-state index contributed by atoms with van der Waals surface area (Å²) in [5.41, 5.74) is 1.02. The van der Waals surface area contributed by atoms with E-state index in [9.17, 15) is 8.42 Å². The molecule has 19 heavy (non-hydrogen) atoms. The predicted molar refractivity (Wildman–Crippen MR) is 77.4 cm³/mol. The van der Waals surface area contributed by atoms with Gasteiger partial charge < -0.3 is 5.11 Å². The van der Waals surface area contributed by atoms with Crippen molar-refractivity contribution in [2.45, 2.75) is 38.2 Å². The normalized spacial score (nSPS) is 13.6. The molecule has 0 spiro atoms. The van der Waals surface area contributed by atoms with Crippen LogP contribution < -0.4 is 4.72 Å². The number of aliphatic hydroxyl groups is 1. The number of hydrogen-bond donors (Lipinski definition) is 2. The molecule has 1 rings (SSSR count). The van der Waals surface area contributed by atoms with E-state index < -0.39 is 16.1 Å². The van der Waals surface area contributed by atoms with Gasteiger partial charge in [-0.2, -0.15) is 0 Å². The molecule has 1 atom stereocenters. The van der Waals surface area contributed by atoms with Gasteiger partial charge in [0.2, 0.25) is 10.0 Å². The van der Waals surface area contributed by atoms with Crippen LogP contribution in [0.2, 0.25) is 10.0 Å². The number of nitrogens with one attached hydrogen (secondary N) is 1. The topological polar surface area (TPSA) is 66.4 Å². The smallest absolute Gasteiger partial charge is 0.242 e. The molecule has 0 bridgehead atoms. The zero-order chi connectivity index (χ0) is 14.8. The first-order valence-electron chi connectivity index (χ1n) is 5.79. The Morgan fingerprint density at radius 3 is 2.47 bits per heavy atom. The van der Waals surface area contributed by atoms with Crippen LogP contribution in [0.5, 0.6) is 0 Å². The molecule has 0 radical (unpaired) electrons. The molecule has 0 saturated heterocycles. The van der Waals surface area contributed by atoms with Gasteiger partial charge in [0.15, 0.2) is 0 Å². The van der Waals surface area contributed by atoms with Crippen molar-refractivity contribution >= 4 is 33.2 Å². The van der Waals surface area contributed by atoms with Crippen LogP contribution in [-0.4, -0.2) is 26.2 Å². The minimum absolute atomic E-state index is 0.00441. The van der Waals surface area contributed by atoms with E-state index in [2.05, 4.69) is 4.72 Å². The van der Waals surface area contributed by atoms with Gasteiger partial charge in [-0.3, -0.25) is 0 Å². The van der Waals surface area contributed by atoms with Crippen LogP contribution in [0.25, 0.3) is 0 Å². The van der Waals surface area contributed by atoms with Crippen molar-refractivity contribution in [2.24, 2.45) is 0 Å². The maximum atomic E-state index is 12.2. The first-order chi connectivity index (χ1) is 8.66. The lowest BCUT2D eigenvalue weighted by molar-refractivity contribution is 0.186. The number of rotatable bonds is 5. The maximum Gasteiger partial charge on any atom is 0.242 e. The molecular formula is C12H17Cl2NO3S. The molecule has 4 nitrogen and oxygen atoms in total. The fourth-order valence-corrected chi connectivity index (χ4v) is 3.86. The molecular weight excluding hydrogens is 309 g/mol. The number of sulfonamides is 1. The zero-order valence-corrected chi connectivity index (χ0v) is 13.3. The number of aryl methyl sites for hydroxylation is 1. The van der Waals surface area contributed by atoms with Gasteiger partial charge in [0.25, 0.3) is 0 Å². The summed E-state index contributed by atoms with van der Waals surface area (Å²) in [5, 5.41) is 9.67. The highest BCUT2D eigenvalue weighted by Gasteiger charge is 2.23. The van der Waals surface area contributed by atoms with E-state index in [0.29, 0.717) is 22.6 Å². The highest BCUT2D eigenvalue weighted by Crippen LogP contribution is 2.33. The second-order valence-corrected chi connectivity index (χ2v) is 6.97. The largest absolute Gasteiger partial charge is 0.393 e. The van der Waals surface area contributed by atoms with Crippen molar-refractivity contribution in [3.8, 4) is 0 Å². The van der Waals surface area contributed by atoms with Crippen LogP contribution in [0.4, 0.5) is 0 Å². The predicted octanol–water partition coefficient (Wildman–Crippen LogP) is 2.66. The van der Waals surface area contributed by atoms with Gasteiger partial charge in [-0.25, -0.2) is 13.1 Å². The summed E-state index contributed by atoms with van der Waals surface area (Å²) < 4.78 is 26.9. The average molecular weight is 326 g/mol. The quantitative estimate of drug-likeness (QED) is 0.874. The van der Waals surface area contributed by atoms with Crippen LogP contribution in [0.1, 0.15) is 24.5 Å². The molecule has 0 aliphatic rings. The van der Waals surface area contributed by atoms with Gasteiger partial charge in [-0.1, -0.05) is 23.2 Å². The van der Waals surface area contributed by atoms with Gasteiger partial charge in [0.05, 0.1) is 11.1 Å². The van der Waals surface area contributed by atoms with Gasteiger partial charge in [0.1, 0.15) is 4.90 Å². The number of benzene rings is 1. The summed E-state index contributed by atoms with van der Waals surface area (Å²) in [4.78, 5) is 0.00441. The molecule has 0 saturated carbocycles. The first kappa shape index (κ1) is 16.7. The Morgan fingerprint density at radius 2 is 1.95 bits per heavy atom. The maximum absolute atomic E-state index is 12.2. The minimum atomic E-state index is -3.74. The Kier molecular flexibility index (Phi) is 5.65. The van der Waals surface area contributed by atoms with E-state index in [1.54, 1.807) is 26.8 Å². The fourth-order valence-electron chi connectivity index (χ4n) is 1.61. The molecule has 0 heterocycles. The minimum Gasteiger partial charge on any atom is -0.393 e. The number of aliphatic hydroxyl groups excluding tert-OH is 1. The molecule has 0 aliphatic carbocycles. The van der Waals surface area contributed by atoms with E-state index in [0.717, 1.165) is 0 Å². The van der Waals surface area contributed by atoms with Gasteiger partial charge in [-0.05, 0) is 44.4 Å². The summed E-state index contributed by atoms with van der Waals surface area (Å²) in [6.07, 6.45) is -0.240. The lowest BCUT2D eigenvalue weighted by atomic mass is 10.2. The molecule has 0 amide bonds. The lowest BCUT2D eigenvalue weighted by Crippen LogP contribution is -2.27. The fraction of sp³-hybridized carbons (Fsp3) is 0.500. The van der Waals surface area contributed by atoms with Gasteiger partial charge in [-0.15, -0.1) is 0 Å². The van der Waals surface area contributed by atoms with E-state index in [1.165, 1.54) is 0 Å². The average Bonchev–Trinajstić information content (AvgIpc) is 2.25. The molecule has 108 valence electrons. The molecule has 0 fully saturated rings. The van der Waals surface area contributed by atoms with E-state index in [1.807, 2.05) is 0 Å². The summed E-state index contributed by atoms with van der Waals surface area (Å²) >= 11 is 12.1. The third kappa shape index (κ3) is 4.07. The van der Waals surface area contributed by atoms with Crippen LogP contribution in [-0.2, 0) is 10.0 Å². The van der Waals surface area contributed by atoms with Gasteiger partial charge in [0, 0.05) is 11.6 Å². The molecule has 2 N–H and O–H groups in total. The van der Waals surface area contributed by atoms with Crippen molar-refractivity contribution in [3.63, 3.8) is 0 Å². The molecule has 7 heteroatoms. The van der Waals surface area contributed by atoms with Crippen LogP contribution >= 0.6 is 23.2 Å². The zero-order valence-electron chi connectivity index (χ0n) is 11.0. The molecule has 1 unspecified atom stereocenters. The first-order valence-corrected chi connectivity index (χ1v) is 8.03.